The van der Waals surface area contributed by atoms with Gasteiger partial charge in [-0.2, -0.15) is 0 Å². The van der Waals surface area contributed by atoms with E-state index in [9.17, 15) is 19.8 Å². The van der Waals surface area contributed by atoms with Crippen LogP contribution in [0.2, 0.25) is 0 Å². The maximum absolute atomic E-state index is 12.5. The number of phenols is 1. The first-order chi connectivity index (χ1) is 19.3. The minimum atomic E-state index is -0.870. The summed E-state index contributed by atoms with van der Waals surface area (Å²) in [5.74, 6) is 5.69. The predicted molar refractivity (Wildman–Crippen MR) is 165 cm³/mol. The highest BCUT2D eigenvalue weighted by molar-refractivity contribution is 9.10. The van der Waals surface area contributed by atoms with Crippen LogP contribution in [0.15, 0.2) is 71.3 Å². The number of esters is 1. The van der Waals surface area contributed by atoms with Gasteiger partial charge in [-0.05, 0) is 76.9 Å². The number of benzene rings is 1. The van der Waals surface area contributed by atoms with Gasteiger partial charge in [0.05, 0.1) is 10.6 Å². The fraction of sp³-hybridized carbons (Fsp3) is 0.455. The Morgan fingerprint density at radius 2 is 1.90 bits per heavy atom. The molecule has 0 radical (unpaired) electrons. The van der Waals surface area contributed by atoms with Crippen LogP contribution in [0.1, 0.15) is 65.5 Å². The Labute approximate surface area is 252 Å². The Morgan fingerprint density at radius 1 is 1.20 bits per heavy atom. The van der Waals surface area contributed by atoms with Gasteiger partial charge in [0.1, 0.15) is 18.0 Å². The zero-order valence-corrected chi connectivity index (χ0v) is 26.0. The summed E-state index contributed by atoms with van der Waals surface area (Å²) < 4.78 is 11.5. The molecule has 1 aromatic rings. The van der Waals surface area contributed by atoms with Crippen molar-refractivity contribution in [2.45, 2.75) is 72.2 Å². The number of carbonyl (C=O) groups is 2. The number of aliphatic hydroxyl groups is 1. The van der Waals surface area contributed by atoms with Gasteiger partial charge in [-0.15, -0.1) is 0 Å². The topological polar surface area (TPSA) is 119 Å². The molecule has 1 aliphatic rings. The number of carbonyl (C=O) groups excluding carboxylic acids is 2. The molecule has 0 saturated heterocycles. The Morgan fingerprint density at radius 3 is 2.61 bits per heavy atom. The van der Waals surface area contributed by atoms with E-state index in [0.29, 0.717) is 29.3 Å². The van der Waals surface area contributed by atoms with Gasteiger partial charge >= 0.3 is 12.1 Å². The molecule has 7 nitrogen and oxygen atoms in total. The second-order valence-electron chi connectivity index (χ2n) is 11.3. The summed E-state index contributed by atoms with van der Waals surface area (Å²) >= 11 is 3.34. The number of hydrogen-bond acceptors (Lipinski definition) is 6. The molecular formula is C33H42BrNO6. The van der Waals surface area contributed by atoms with Gasteiger partial charge < -0.3 is 25.4 Å². The van der Waals surface area contributed by atoms with E-state index in [4.69, 9.17) is 15.2 Å². The zero-order valence-electron chi connectivity index (χ0n) is 24.4. The van der Waals surface area contributed by atoms with Crippen LogP contribution in [0.5, 0.6) is 5.75 Å². The van der Waals surface area contributed by atoms with Crippen molar-refractivity contribution in [3.63, 3.8) is 0 Å². The Balaban J connectivity index is 2.15. The lowest BCUT2D eigenvalue weighted by Crippen LogP contribution is -2.26. The molecule has 0 fully saturated rings. The highest BCUT2D eigenvalue weighted by Gasteiger charge is 2.28. The van der Waals surface area contributed by atoms with E-state index in [1.807, 2.05) is 52.8 Å². The molecule has 1 aliphatic heterocycles. The van der Waals surface area contributed by atoms with E-state index in [2.05, 4.69) is 27.8 Å². The standard InChI is InChI=1S/C33H42BrNO6/c1-22-12-10-16-29(37)41-28(24(3)18-17-23(2)21-25(20-22)40-32(35)39)15-8-6-7-9-19-33(4,5)31(38)26-13-11-14-27(36)30(26)34/h8-11,13-19,22-25,28,31,36,38H,12,20-21H2,1-5H3,(H2,35,39)/b15-8+,16-10-,18-17?,19-9+/t22-,23+,24+,25-,28+,31+/m0/s1. The number of hydrogen-bond donors (Lipinski definition) is 3. The first-order valence-electron chi connectivity index (χ1n) is 13.8. The van der Waals surface area contributed by atoms with E-state index in [-0.39, 0.29) is 29.6 Å². The maximum atomic E-state index is 12.5. The highest BCUT2D eigenvalue weighted by Crippen LogP contribution is 2.40. The number of amides is 1. The lowest BCUT2D eigenvalue weighted by molar-refractivity contribution is -0.142. The van der Waals surface area contributed by atoms with Crippen LogP contribution >= 0.6 is 15.9 Å². The molecule has 0 bridgehead atoms. The molecule has 6 atom stereocenters. The van der Waals surface area contributed by atoms with E-state index in [1.54, 1.807) is 42.5 Å². The van der Waals surface area contributed by atoms with Gasteiger partial charge in [-0.3, -0.25) is 0 Å². The smallest absolute Gasteiger partial charge is 0.404 e. The summed E-state index contributed by atoms with van der Waals surface area (Å²) in [4.78, 5) is 23.9. The largest absolute Gasteiger partial charge is 0.507 e. The van der Waals surface area contributed by atoms with Crippen molar-refractivity contribution in [2.75, 3.05) is 0 Å². The second kappa shape index (κ2) is 16.2. The molecule has 0 aliphatic carbocycles. The minimum Gasteiger partial charge on any atom is -0.507 e. The first kappa shape index (κ1) is 33.9. The van der Waals surface area contributed by atoms with Crippen LogP contribution in [0.3, 0.4) is 0 Å². The number of primary amides is 1. The molecule has 0 aromatic heterocycles. The summed E-state index contributed by atoms with van der Waals surface area (Å²) in [6, 6.07) is 4.99. The van der Waals surface area contributed by atoms with Gasteiger partial charge in [0.25, 0.3) is 0 Å². The van der Waals surface area contributed by atoms with Gasteiger partial charge in [-0.25, -0.2) is 9.59 Å². The molecule has 0 unspecified atom stereocenters. The summed E-state index contributed by atoms with van der Waals surface area (Å²) in [7, 11) is 0. The molecular weight excluding hydrogens is 586 g/mol. The molecule has 0 spiro atoms. The van der Waals surface area contributed by atoms with Crippen LogP contribution in [0, 0.1) is 35.0 Å². The van der Waals surface area contributed by atoms with E-state index in [1.165, 1.54) is 6.08 Å². The molecule has 8 heteroatoms. The third-order valence-corrected chi connectivity index (χ3v) is 7.81. The number of nitrogens with two attached hydrogens (primary N) is 1. The number of phenolic OH excluding ortho intramolecular Hbond substituents is 1. The third kappa shape index (κ3) is 11.6. The van der Waals surface area contributed by atoms with Crippen LogP contribution in [-0.2, 0) is 14.3 Å². The van der Waals surface area contributed by atoms with Gasteiger partial charge in [0.15, 0.2) is 0 Å². The normalized spacial score (nSPS) is 26.0. The second-order valence-corrected chi connectivity index (χ2v) is 12.1. The Bertz CT molecular complexity index is 1220. The number of aliphatic hydroxyl groups excluding tert-OH is 1. The van der Waals surface area contributed by atoms with Crippen LogP contribution in [0.25, 0.3) is 0 Å². The van der Waals surface area contributed by atoms with Crippen molar-refractivity contribution in [1.29, 1.82) is 0 Å². The summed E-state index contributed by atoms with van der Waals surface area (Å²) in [6.07, 6.45) is 13.6. The van der Waals surface area contributed by atoms with E-state index in [0.717, 1.165) is 0 Å². The van der Waals surface area contributed by atoms with Gasteiger partial charge in [0, 0.05) is 17.4 Å². The summed E-state index contributed by atoms with van der Waals surface area (Å²) in [5, 5.41) is 20.8. The number of ether oxygens (including phenoxy) is 2. The summed E-state index contributed by atoms with van der Waals surface area (Å²) in [5.41, 5.74) is 5.21. The monoisotopic (exact) mass is 627 g/mol. The van der Waals surface area contributed by atoms with Crippen LogP contribution in [0.4, 0.5) is 4.79 Å². The fourth-order valence-corrected chi connectivity index (χ4v) is 4.98. The minimum absolute atomic E-state index is 0.0645. The van der Waals surface area contributed by atoms with Gasteiger partial charge in [-0.1, -0.05) is 82.9 Å². The van der Waals surface area contributed by atoms with Crippen molar-refractivity contribution < 1.29 is 29.3 Å². The van der Waals surface area contributed by atoms with Crippen LogP contribution < -0.4 is 5.73 Å². The summed E-state index contributed by atoms with van der Waals surface area (Å²) in [6.45, 7) is 9.79. The van der Waals surface area contributed by atoms with Crippen LogP contribution in [-0.4, -0.2) is 34.5 Å². The van der Waals surface area contributed by atoms with Crippen molar-refractivity contribution in [3.8, 4) is 17.6 Å². The van der Waals surface area contributed by atoms with E-state index >= 15 is 0 Å². The number of halogens is 1. The Kier molecular flexibility index (Phi) is 13.4. The quantitative estimate of drug-likeness (QED) is 0.185. The highest BCUT2D eigenvalue weighted by atomic mass is 79.9. The van der Waals surface area contributed by atoms with Crippen molar-refractivity contribution in [1.82, 2.24) is 0 Å². The SMILES string of the molecule is C[C@H]1C/C=C\C(=O)O[C@H](/C=C/C#C/C=C/C(C)(C)[C@H](O)c2cccc(O)c2Br)[C@H](C)C=C[C@@H](C)C[C@@H](OC(N)=O)C1. The molecule has 222 valence electrons. The molecule has 0 saturated carbocycles. The average molecular weight is 629 g/mol. The fourth-order valence-electron chi connectivity index (χ4n) is 4.50. The molecule has 41 heavy (non-hydrogen) atoms. The molecule has 1 heterocycles. The molecule has 1 amide bonds. The predicted octanol–water partition coefficient (Wildman–Crippen LogP) is 6.91. The van der Waals surface area contributed by atoms with Gasteiger partial charge in [0.2, 0.25) is 0 Å². The number of rotatable bonds is 5. The average Bonchev–Trinajstić information content (AvgIpc) is 2.88. The molecule has 2 rings (SSSR count). The lowest BCUT2D eigenvalue weighted by Gasteiger charge is -2.28. The van der Waals surface area contributed by atoms with E-state index < -0.39 is 29.7 Å². The van der Waals surface area contributed by atoms with Crippen molar-refractivity contribution in [2.24, 2.45) is 28.9 Å². The maximum Gasteiger partial charge on any atom is 0.404 e. The first-order valence-corrected chi connectivity index (χ1v) is 14.6. The number of cyclic esters (lactones) is 1. The van der Waals surface area contributed by atoms with Crippen molar-refractivity contribution in [3.05, 3.63) is 76.8 Å². The lowest BCUT2D eigenvalue weighted by atomic mass is 9.82. The molecule has 1 aromatic carbocycles. The Hall–Kier alpha value is -3.28. The molecule has 4 N–H and O–H groups in total. The number of aromatic hydroxyl groups is 1. The third-order valence-electron chi connectivity index (χ3n) is 6.95. The van der Waals surface area contributed by atoms with Crippen molar-refractivity contribution >= 4 is 28.0 Å². The number of allylic oxidation sites excluding steroid dienone is 4. The zero-order chi connectivity index (χ0) is 30.6.